The van der Waals surface area contributed by atoms with Gasteiger partial charge in [0, 0.05) is 0 Å². The smallest absolute Gasteiger partial charge is 0.320 e. The molecule has 0 aromatic carbocycles. The van der Waals surface area contributed by atoms with Gasteiger partial charge in [0.2, 0.25) is 0 Å². The van der Waals surface area contributed by atoms with Crippen molar-refractivity contribution in [1.29, 1.82) is 0 Å². The second-order valence-corrected chi connectivity index (χ2v) is 2.98. The molecule has 0 atom stereocenters. The van der Waals surface area contributed by atoms with E-state index in [0.29, 0.717) is 6.07 Å². The van der Waals surface area contributed by atoms with Crippen LogP contribution >= 0.6 is 11.6 Å². The van der Waals surface area contributed by atoms with Gasteiger partial charge in [0.1, 0.15) is 5.56 Å². The Kier molecular flexibility index (Phi) is 3.03. The Bertz CT molecular complexity index is 424. The molecule has 0 bridgehead atoms. The van der Waals surface area contributed by atoms with Crippen molar-refractivity contribution in [2.24, 2.45) is 0 Å². The van der Waals surface area contributed by atoms with E-state index in [1.165, 1.54) is 4.98 Å². The average molecular weight is 248 g/mol. The number of halogens is 6. The van der Waals surface area contributed by atoms with Crippen molar-refractivity contribution in [3.05, 3.63) is 32.7 Å². The lowest BCUT2D eigenvalue weighted by atomic mass is 10.2. The number of hydrogen-bond acceptors (Lipinski definition) is 1. The van der Waals surface area contributed by atoms with Gasteiger partial charge in [-0.1, -0.05) is 11.6 Å². The maximum atomic E-state index is 12.2. The van der Waals surface area contributed by atoms with Gasteiger partial charge < -0.3 is 4.98 Å². The highest BCUT2D eigenvalue weighted by molar-refractivity contribution is 6.31. The summed E-state index contributed by atoms with van der Waals surface area (Å²) in [4.78, 5) is 12.2. The number of H-pyrrole nitrogens is 1. The number of rotatable bonds is 1. The summed E-state index contributed by atoms with van der Waals surface area (Å²) in [6.45, 7) is 0. The zero-order chi connectivity index (χ0) is 11.8. The zero-order valence-corrected chi connectivity index (χ0v) is 7.59. The van der Waals surface area contributed by atoms with E-state index in [0.717, 1.165) is 0 Å². The van der Waals surface area contributed by atoms with E-state index in [4.69, 9.17) is 11.6 Å². The van der Waals surface area contributed by atoms with E-state index >= 15 is 0 Å². The fourth-order valence-electron chi connectivity index (χ4n) is 0.929. The lowest BCUT2D eigenvalue weighted by Crippen LogP contribution is -2.23. The number of aromatic amines is 1. The van der Waals surface area contributed by atoms with Gasteiger partial charge in [0.05, 0.1) is 10.7 Å². The molecule has 84 valence electrons. The Morgan fingerprint density at radius 2 is 1.87 bits per heavy atom. The number of alkyl halides is 5. The van der Waals surface area contributed by atoms with Crippen LogP contribution in [0.4, 0.5) is 22.0 Å². The van der Waals surface area contributed by atoms with E-state index < -0.39 is 34.4 Å². The first-order valence-corrected chi connectivity index (χ1v) is 3.89. The third-order valence-electron chi connectivity index (χ3n) is 1.52. The van der Waals surface area contributed by atoms with Gasteiger partial charge in [0.25, 0.3) is 12.0 Å². The Hall–Kier alpha value is -1.11. The number of nitrogens with one attached hydrogen (secondary N) is 1. The molecule has 1 rings (SSSR count). The molecule has 0 aliphatic carbocycles. The molecule has 2 nitrogen and oxygen atoms in total. The van der Waals surface area contributed by atoms with Crippen LogP contribution in [0.15, 0.2) is 10.9 Å². The topological polar surface area (TPSA) is 32.9 Å². The highest BCUT2D eigenvalue weighted by atomic mass is 35.5. The molecule has 0 saturated carbocycles. The molecular weight excluding hydrogens is 245 g/mol. The molecule has 0 fully saturated rings. The maximum absolute atomic E-state index is 12.2. The zero-order valence-electron chi connectivity index (χ0n) is 6.83. The molecule has 1 aromatic heterocycles. The second kappa shape index (κ2) is 3.80. The molecule has 1 aromatic rings. The fraction of sp³-hybridized carbons (Fsp3) is 0.286. The third kappa shape index (κ3) is 2.47. The summed E-state index contributed by atoms with van der Waals surface area (Å²) in [6.07, 6.45) is -8.05. The van der Waals surface area contributed by atoms with Gasteiger partial charge in [-0.15, -0.1) is 0 Å². The molecule has 0 saturated heterocycles. The van der Waals surface area contributed by atoms with Crippen molar-refractivity contribution in [2.75, 3.05) is 0 Å². The number of aromatic nitrogens is 1. The van der Waals surface area contributed by atoms with Crippen LogP contribution in [0, 0.1) is 0 Å². The Balaban J connectivity index is 3.42. The summed E-state index contributed by atoms with van der Waals surface area (Å²) in [5.41, 5.74) is -4.29. The van der Waals surface area contributed by atoms with E-state index in [9.17, 15) is 26.7 Å². The third-order valence-corrected chi connectivity index (χ3v) is 1.82. The lowest BCUT2D eigenvalue weighted by Gasteiger charge is -2.08. The fourth-order valence-corrected chi connectivity index (χ4v) is 1.24. The van der Waals surface area contributed by atoms with E-state index in [1.807, 2.05) is 0 Å². The van der Waals surface area contributed by atoms with E-state index in [1.54, 1.807) is 0 Å². The standard InChI is InChI=1S/C7H3ClF5NO/c8-2-1-3(5(9)10)14-6(15)4(2)7(11,12)13/h1,5H,(H,14,15). The monoisotopic (exact) mass is 247 g/mol. The quantitative estimate of drug-likeness (QED) is 0.761. The largest absolute Gasteiger partial charge is 0.423 e. The van der Waals surface area contributed by atoms with E-state index in [2.05, 4.69) is 0 Å². The first kappa shape index (κ1) is 12.0. The van der Waals surface area contributed by atoms with Crippen LogP contribution in [-0.4, -0.2) is 4.98 Å². The van der Waals surface area contributed by atoms with Gasteiger partial charge in [-0.25, -0.2) is 8.78 Å². The second-order valence-electron chi connectivity index (χ2n) is 2.58. The van der Waals surface area contributed by atoms with Gasteiger partial charge in [-0.05, 0) is 6.07 Å². The molecule has 8 heteroatoms. The normalized spacial score (nSPS) is 12.2. The summed E-state index contributed by atoms with van der Waals surface area (Å²) < 4.78 is 60.5. The molecule has 0 amide bonds. The number of pyridine rings is 1. The van der Waals surface area contributed by atoms with Crippen molar-refractivity contribution >= 4 is 11.6 Å². The predicted octanol–water partition coefficient (Wildman–Crippen LogP) is 2.98. The van der Waals surface area contributed by atoms with Crippen LogP contribution in [0.5, 0.6) is 0 Å². The molecule has 0 aliphatic heterocycles. The minimum absolute atomic E-state index is 0.385. The van der Waals surface area contributed by atoms with Crippen molar-refractivity contribution in [2.45, 2.75) is 12.6 Å². The highest BCUT2D eigenvalue weighted by Crippen LogP contribution is 2.32. The molecule has 1 N–H and O–H groups in total. The Labute approximate surface area is 84.7 Å². The Morgan fingerprint density at radius 1 is 1.33 bits per heavy atom. The van der Waals surface area contributed by atoms with Crippen LogP contribution in [0.3, 0.4) is 0 Å². The summed E-state index contributed by atoms with van der Waals surface area (Å²) >= 11 is 5.09. The molecule has 15 heavy (non-hydrogen) atoms. The maximum Gasteiger partial charge on any atom is 0.423 e. The minimum atomic E-state index is -4.97. The molecule has 0 aliphatic rings. The van der Waals surface area contributed by atoms with Gasteiger partial charge in [-0.2, -0.15) is 13.2 Å². The van der Waals surface area contributed by atoms with Crippen LogP contribution in [-0.2, 0) is 6.18 Å². The van der Waals surface area contributed by atoms with Crippen molar-refractivity contribution in [3.8, 4) is 0 Å². The van der Waals surface area contributed by atoms with E-state index in [-0.39, 0.29) is 0 Å². The average Bonchev–Trinajstić information content (AvgIpc) is 1.99. The lowest BCUT2D eigenvalue weighted by molar-refractivity contribution is -0.138. The van der Waals surface area contributed by atoms with Crippen LogP contribution in [0.25, 0.3) is 0 Å². The minimum Gasteiger partial charge on any atom is -0.320 e. The van der Waals surface area contributed by atoms with Gasteiger partial charge in [0.15, 0.2) is 0 Å². The molecule has 1 heterocycles. The summed E-state index contributed by atoms with van der Waals surface area (Å²) in [5, 5.41) is -1.04. The highest BCUT2D eigenvalue weighted by Gasteiger charge is 2.37. The summed E-state index contributed by atoms with van der Waals surface area (Å²) in [5.74, 6) is 0. The summed E-state index contributed by atoms with van der Waals surface area (Å²) in [6, 6.07) is 0.385. The van der Waals surface area contributed by atoms with Crippen molar-refractivity contribution in [1.82, 2.24) is 4.98 Å². The van der Waals surface area contributed by atoms with Crippen LogP contribution in [0.2, 0.25) is 5.02 Å². The van der Waals surface area contributed by atoms with Gasteiger partial charge >= 0.3 is 6.18 Å². The van der Waals surface area contributed by atoms with Crippen molar-refractivity contribution < 1.29 is 22.0 Å². The summed E-state index contributed by atoms with van der Waals surface area (Å²) in [7, 11) is 0. The SMILES string of the molecule is O=c1[nH]c(C(F)F)cc(Cl)c1C(F)(F)F. The molecule has 0 spiro atoms. The van der Waals surface area contributed by atoms with Crippen molar-refractivity contribution in [3.63, 3.8) is 0 Å². The first-order chi connectivity index (χ1) is 6.73. The Morgan fingerprint density at radius 3 is 2.20 bits per heavy atom. The molecule has 0 radical (unpaired) electrons. The van der Waals surface area contributed by atoms with Gasteiger partial charge in [-0.3, -0.25) is 4.79 Å². The first-order valence-electron chi connectivity index (χ1n) is 3.51. The van der Waals surface area contributed by atoms with Crippen LogP contribution < -0.4 is 5.56 Å². The molecule has 0 unspecified atom stereocenters. The molecular formula is C7H3ClF5NO. The number of hydrogen-bond donors (Lipinski definition) is 1. The van der Waals surface area contributed by atoms with Crippen LogP contribution in [0.1, 0.15) is 17.7 Å². The predicted molar refractivity (Wildman–Crippen MR) is 42.0 cm³/mol.